The topological polar surface area (TPSA) is 94.7 Å². The Labute approximate surface area is 169 Å². The first-order valence-corrected chi connectivity index (χ1v) is 9.95. The number of nitrogens with one attached hydrogen (secondary N) is 2. The Morgan fingerprint density at radius 1 is 1.24 bits per heavy atom. The fraction of sp³-hybridized carbons (Fsp3) is 0.364. The number of benzene rings is 1. The maximum absolute atomic E-state index is 12.9. The maximum atomic E-state index is 12.9. The summed E-state index contributed by atoms with van der Waals surface area (Å²) in [5, 5.41) is 7.42. The van der Waals surface area contributed by atoms with E-state index in [-0.39, 0.29) is 23.8 Å². The first-order chi connectivity index (χ1) is 14.0. The van der Waals surface area contributed by atoms with E-state index in [9.17, 15) is 9.59 Å². The molecule has 0 aliphatic carbocycles. The molecule has 2 aromatic heterocycles. The number of aromatic nitrogens is 4. The summed E-state index contributed by atoms with van der Waals surface area (Å²) in [4.78, 5) is 34.1. The second-order valence-corrected chi connectivity index (χ2v) is 7.63. The third-order valence-corrected chi connectivity index (χ3v) is 5.60. The standard InChI is InChI=1S/C22H25N5O2/c1-14-18(22(29)25-15(2)24-14)11-20(28)27-10-6-9-17(13-27)21-19(12-23-26-21)16-7-4-3-5-8-16/h3-5,7-8,12,17H,6,9-11,13H2,1-2H3,(H,23,26)(H,24,25,29). The molecule has 4 rings (SSSR count). The largest absolute Gasteiger partial charge is 0.342 e. The first-order valence-electron chi connectivity index (χ1n) is 9.95. The Kier molecular flexibility index (Phi) is 5.29. The molecular formula is C22H25N5O2. The van der Waals surface area contributed by atoms with Crippen LogP contribution in [0.5, 0.6) is 0 Å². The van der Waals surface area contributed by atoms with Crippen molar-refractivity contribution in [1.82, 2.24) is 25.1 Å². The molecule has 150 valence electrons. The molecule has 7 nitrogen and oxygen atoms in total. The molecule has 29 heavy (non-hydrogen) atoms. The smallest absolute Gasteiger partial charge is 0.254 e. The summed E-state index contributed by atoms with van der Waals surface area (Å²) < 4.78 is 0. The van der Waals surface area contributed by atoms with Crippen molar-refractivity contribution in [2.24, 2.45) is 0 Å². The summed E-state index contributed by atoms with van der Waals surface area (Å²) in [7, 11) is 0. The van der Waals surface area contributed by atoms with Gasteiger partial charge in [0.2, 0.25) is 5.91 Å². The Balaban J connectivity index is 1.52. The number of carbonyl (C=O) groups is 1. The van der Waals surface area contributed by atoms with E-state index in [0.29, 0.717) is 30.2 Å². The van der Waals surface area contributed by atoms with E-state index in [2.05, 4.69) is 32.3 Å². The van der Waals surface area contributed by atoms with Crippen LogP contribution in [0.1, 0.15) is 41.5 Å². The number of aryl methyl sites for hydroxylation is 2. The van der Waals surface area contributed by atoms with E-state index in [1.807, 2.05) is 29.3 Å². The predicted octanol–water partition coefficient (Wildman–Crippen LogP) is 2.73. The van der Waals surface area contributed by atoms with Gasteiger partial charge in [0.1, 0.15) is 5.82 Å². The van der Waals surface area contributed by atoms with Gasteiger partial charge >= 0.3 is 0 Å². The maximum Gasteiger partial charge on any atom is 0.254 e. The lowest BCUT2D eigenvalue weighted by Gasteiger charge is -2.33. The van der Waals surface area contributed by atoms with Gasteiger partial charge in [0.15, 0.2) is 0 Å². The van der Waals surface area contributed by atoms with Crippen LogP contribution < -0.4 is 5.56 Å². The number of aromatic amines is 2. The monoisotopic (exact) mass is 391 g/mol. The number of carbonyl (C=O) groups excluding carboxylic acids is 1. The molecule has 3 aromatic rings. The summed E-state index contributed by atoms with van der Waals surface area (Å²) in [6, 6.07) is 10.2. The quantitative estimate of drug-likeness (QED) is 0.715. The van der Waals surface area contributed by atoms with Crippen LogP contribution in [0.15, 0.2) is 41.3 Å². The lowest BCUT2D eigenvalue weighted by atomic mass is 9.90. The minimum atomic E-state index is -0.225. The van der Waals surface area contributed by atoms with Gasteiger partial charge in [0.05, 0.1) is 12.6 Å². The highest BCUT2D eigenvalue weighted by atomic mass is 16.2. The Hall–Kier alpha value is -3.22. The molecule has 1 aliphatic heterocycles. The summed E-state index contributed by atoms with van der Waals surface area (Å²) in [5.41, 5.74) is 4.12. The molecule has 7 heteroatoms. The molecule has 1 amide bonds. The highest BCUT2D eigenvalue weighted by Crippen LogP contribution is 2.33. The van der Waals surface area contributed by atoms with E-state index < -0.39 is 0 Å². The van der Waals surface area contributed by atoms with Crippen LogP contribution in [0.25, 0.3) is 11.1 Å². The van der Waals surface area contributed by atoms with Crippen molar-refractivity contribution in [2.45, 2.75) is 39.0 Å². The summed E-state index contributed by atoms with van der Waals surface area (Å²) in [6.07, 6.45) is 3.85. The van der Waals surface area contributed by atoms with Crippen molar-refractivity contribution in [3.63, 3.8) is 0 Å². The second-order valence-electron chi connectivity index (χ2n) is 7.63. The predicted molar refractivity (Wildman–Crippen MR) is 111 cm³/mol. The van der Waals surface area contributed by atoms with Crippen LogP contribution in [-0.2, 0) is 11.2 Å². The Morgan fingerprint density at radius 2 is 2.03 bits per heavy atom. The van der Waals surface area contributed by atoms with Crippen molar-refractivity contribution >= 4 is 5.91 Å². The molecule has 1 saturated heterocycles. The number of H-pyrrole nitrogens is 2. The molecule has 3 heterocycles. The molecule has 1 unspecified atom stereocenters. The van der Waals surface area contributed by atoms with Gasteiger partial charge in [-0.15, -0.1) is 0 Å². The zero-order valence-corrected chi connectivity index (χ0v) is 16.7. The normalized spacial score (nSPS) is 16.8. The SMILES string of the molecule is Cc1nc(C)c(CC(=O)N2CCCC(c3[nH]ncc3-c3ccccc3)C2)c(=O)[nH]1. The van der Waals surface area contributed by atoms with Crippen LogP contribution in [0.4, 0.5) is 0 Å². The molecule has 2 N–H and O–H groups in total. The lowest BCUT2D eigenvalue weighted by molar-refractivity contribution is -0.131. The van der Waals surface area contributed by atoms with Crippen molar-refractivity contribution in [1.29, 1.82) is 0 Å². The van der Waals surface area contributed by atoms with Crippen LogP contribution in [0.3, 0.4) is 0 Å². The molecule has 0 bridgehead atoms. The molecular weight excluding hydrogens is 366 g/mol. The Bertz CT molecular complexity index is 1070. The van der Waals surface area contributed by atoms with Gasteiger partial charge in [-0.3, -0.25) is 14.7 Å². The summed E-state index contributed by atoms with van der Waals surface area (Å²) in [5.74, 6) is 0.727. The summed E-state index contributed by atoms with van der Waals surface area (Å²) in [6.45, 7) is 4.85. The number of rotatable bonds is 4. The van der Waals surface area contributed by atoms with E-state index >= 15 is 0 Å². The number of likely N-dealkylation sites (tertiary alicyclic amines) is 1. The highest BCUT2D eigenvalue weighted by Gasteiger charge is 2.28. The minimum absolute atomic E-state index is 0.0327. The Morgan fingerprint density at radius 3 is 2.79 bits per heavy atom. The van der Waals surface area contributed by atoms with Gasteiger partial charge < -0.3 is 9.88 Å². The average molecular weight is 391 g/mol. The van der Waals surface area contributed by atoms with Crippen LogP contribution in [0, 0.1) is 13.8 Å². The van der Waals surface area contributed by atoms with Gasteiger partial charge in [-0.05, 0) is 32.3 Å². The van der Waals surface area contributed by atoms with Gasteiger partial charge in [0, 0.05) is 41.5 Å². The molecule has 0 spiro atoms. The molecule has 0 radical (unpaired) electrons. The van der Waals surface area contributed by atoms with Gasteiger partial charge in [-0.2, -0.15) is 5.10 Å². The first kappa shape index (κ1) is 19.1. The summed E-state index contributed by atoms with van der Waals surface area (Å²) >= 11 is 0. The average Bonchev–Trinajstić information content (AvgIpc) is 3.21. The van der Waals surface area contributed by atoms with Crippen molar-refractivity contribution in [3.05, 3.63) is 69.7 Å². The number of hydrogen-bond donors (Lipinski definition) is 2. The van der Waals surface area contributed by atoms with E-state index in [4.69, 9.17) is 0 Å². The van der Waals surface area contributed by atoms with E-state index in [0.717, 1.165) is 29.7 Å². The van der Waals surface area contributed by atoms with Gasteiger partial charge in [0.25, 0.3) is 5.56 Å². The van der Waals surface area contributed by atoms with Crippen LogP contribution in [-0.4, -0.2) is 44.1 Å². The molecule has 1 atom stereocenters. The second kappa shape index (κ2) is 8.03. The molecule has 1 aliphatic rings. The number of nitrogens with zero attached hydrogens (tertiary/aromatic N) is 3. The van der Waals surface area contributed by atoms with Gasteiger partial charge in [-0.25, -0.2) is 4.98 Å². The zero-order valence-electron chi connectivity index (χ0n) is 16.7. The third kappa shape index (κ3) is 3.99. The van der Waals surface area contributed by atoms with E-state index in [1.165, 1.54) is 0 Å². The number of amides is 1. The lowest BCUT2D eigenvalue weighted by Crippen LogP contribution is -2.41. The van der Waals surface area contributed by atoms with E-state index in [1.54, 1.807) is 13.8 Å². The van der Waals surface area contributed by atoms with Crippen molar-refractivity contribution in [3.8, 4) is 11.1 Å². The molecule has 1 aromatic carbocycles. The number of piperidine rings is 1. The van der Waals surface area contributed by atoms with Crippen LogP contribution in [0.2, 0.25) is 0 Å². The van der Waals surface area contributed by atoms with Crippen LogP contribution >= 0.6 is 0 Å². The highest BCUT2D eigenvalue weighted by molar-refractivity contribution is 5.79. The molecule has 1 fully saturated rings. The van der Waals surface area contributed by atoms with Crippen molar-refractivity contribution < 1.29 is 4.79 Å². The van der Waals surface area contributed by atoms with Crippen molar-refractivity contribution in [2.75, 3.05) is 13.1 Å². The zero-order chi connectivity index (χ0) is 20.4. The fourth-order valence-electron chi connectivity index (χ4n) is 4.12. The van der Waals surface area contributed by atoms with Gasteiger partial charge in [-0.1, -0.05) is 30.3 Å². The fourth-order valence-corrected chi connectivity index (χ4v) is 4.12. The minimum Gasteiger partial charge on any atom is -0.342 e. The molecule has 0 saturated carbocycles. The number of hydrogen-bond acceptors (Lipinski definition) is 4. The third-order valence-electron chi connectivity index (χ3n) is 5.60.